The van der Waals surface area contributed by atoms with Crippen molar-refractivity contribution in [1.82, 2.24) is 10.3 Å². The van der Waals surface area contributed by atoms with Crippen LogP contribution >= 0.6 is 0 Å². The first-order valence-corrected chi connectivity index (χ1v) is 7.93. The van der Waals surface area contributed by atoms with Crippen LogP contribution in [0.2, 0.25) is 0 Å². The molecular weight excluding hydrogens is 293 g/mol. The zero-order valence-electron chi connectivity index (χ0n) is 11.5. The van der Waals surface area contributed by atoms with Gasteiger partial charge in [0.25, 0.3) is 10.0 Å². The molecule has 2 aromatic rings. The molecule has 0 saturated heterocycles. The van der Waals surface area contributed by atoms with Crippen LogP contribution in [0.15, 0.2) is 47.6 Å². The van der Waals surface area contributed by atoms with E-state index in [-0.39, 0.29) is 10.6 Å². The van der Waals surface area contributed by atoms with Crippen LogP contribution in [-0.2, 0) is 16.6 Å². The zero-order valence-corrected chi connectivity index (χ0v) is 12.3. The summed E-state index contributed by atoms with van der Waals surface area (Å²) in [6, 6.07) is 7.79. The Kier molecular flexibility index (Phi) is 4.87. The van der Waals surface area contributed by atoms with E-state index in [9.17, 15) is 12.8 Å². The van der Waals surface area contributed by atoms with Crippen LogP contribution in [0.25, 0.3) is 0 Å². The smallest absolute Gasteiger partial charge is 0.261 e. The topological polar surface area (TPSA) is 71.1 Å². The van der Waals surface area contributed by atoms with E-state index in [0.29, 0.717) is 6.54 Å². The van der Waals surface area contributed by atoms with E-state index >= 15 is 0 Å². The van der Waals surface area contributed by atoms with Gasteiger partial charge in [-0.15, -0.1) is 0 Å². The van der Waals surface area contributed by atoms with Crippen LogP contribution in [0.5, 0.6) is 0 Å². The van der Waals surface area contributed by atoms with Crippen molar-refractivity contribution in [1.29, 1.82) is 0 Å². The van der Waals surface area contributed by atoms with Crippen molar-refractivity contribution >= 4 is 15.7 Å². The predicted octanol–water partition coefficient (Wildman–Crippen LogP) is 2.13. The molecule has 0 atom stereocenters. The van der Waals surface area contributed by atoms with E-state index in [1.807, 2.05) is 13.0 Å². The molecule has 21 heavy (non-hydrogen) atoms. The first-order chi connectivity index (χ1) is 10.0. The molecular formula is C14H16FN3O2S. The van der Waals surface area contributed by atoms with Gasteiger partial charge in [-0.2, -0.15) is 0 Å². The predicted molar refractivity (Wildman–Crippen MR) is 78.8 cm³/mol. The van der Waals surface area contributed by atoms with Crippen molar-refractivity contribution in [2.45, 2.75) is 18.4 Å². The standard InChI is InChI=1S/C14H16FN3O2S/c1-2-16-9-11-4-3-5-12(8-11)21(19,20)18-14-6-7-17-10-13(14)15/h3-8,10,16H,2,9H2,1H3,(H,17,18). The molecule has 1 heterocycles. The van der Waals surface area contributed by atoms with Gasteiger partial charge in [-0.1, -0.05) is 19.1 Å². The third kappa shape index (κ3) is 3.99. The van der Waals surface area contributed by atoms with E-state index in [4.69, 9.17) is 0 Å². The lowest BCUT2D eigenvalue weighted by Gasteiger charge is -2.10. The average Bonchev–Trinajstić information content (AvgIpc) is 2.48. The highest BCUT2D eigenvalue weighted by atomic mass is 32.2. The van der Waals surface area contributed by atoms with Crippen molar-refractivity contribution < 1.29 is 12.8 Å². The Morgan fingerprint density at radius 2 is 2.10 bits per heavy atom. The zero-order chi connectivity index (χ0) is 15.3. The lowest BCUT2D eigenvalue weighted by atomic mass is 10.2. The molecule has 1 aromatic heterocycles. The molecule has 0 aliphatic carbocycles. The molecule has 0 spiro atoms. The summed E-state index contributed by atoms with van der Waals surface area (Å²) < 4.78 is 40.2. The molecule has 0 amide bonds. The Morgan fingerprint density at radius 3 is 2.81 bits per heavy atom. The fourth-order valence-electron chi connectivity index (χ4n) is 1.75. The van der Waals surface area contributed by atoms with Crippen molar-refractivity contribution in [3.05, 3.63) is 54.1 Å². The Balaban J connectivity index is 2.25. The number of halogens is 1. The first kappa shape index (κ1) is 15.4. The van der Waals surface area contributed by atoms with Crippen LogP contribution in [0.1, 0.15) is 12.5 Å². The molecule has 0 aliphatic rings. The number of hydrogen-bond donors (Lipinski definition) is 2. The van der Waals surface area contributed by atoms with Gasteiger partial charge in [-0.25, -0.2) is 12.8 Å². The van der Waals surface area contributed by atoms with Crippen LogP contribution in [-0.4, -0.2) is 19.9 Å². The largest absolute Gasteiger partial charge is 0.313 e. The van der Waals surface area contributed by atoms with Crippen LogP contribution < -0.4 is 10.0 Å². The van der Waals surface area contributed by atoms with Crippen LogP contribution in [0.4, 0.5) is 10.1 Å². The summed E-state index contributed by atoms with van der Waals surface area (Å²) in [5.74, 6) is -0.718. The van der Waals surface area contributed by atoms with Crippen LogP contribution in [0, 0.1) is 5.82 Å². The maximum Gasteiger partial charge on any atom is 0.261 e. The molecule has 0 unspecified atom stereocenters. The summed E-state index contributed by atoms with van der Waals surface area (Å²) in [6.45, 7) is 3.33. The number of nitrogens with zero attached hydrogens (tertiary/aromatic N) is 1. The van der Waals surface area contributed by atoms with Gasteiger partial charge in [0, 0.05) is 12.7 Å². The lowest BCUT2D eigenvalue weighted by Crippen LogP contribution is -2.16. The van der Waals surface area contributed by atoms with Crippen molar-refractivity contribution in [3.63, 3.8) is 0 Å². The normalized spacial score (nSPS) is 11.3. The molecule has 0 fully saturated rings. The van der Waals surface area contributed by atoms with Gasteiger partial charge in [0.1, 0.15) is 0 Å². The molecule has 0 saturated carbocycles. The molecule has 2 rings (SSSR count). The molecule has 0 radical (unpaired) electrons. The highest BCUT2D eigenvalue weighted by Crippen LogP contribution is 2.18. The second kappa shape index (κ2) is 6.64. The van der Waals surface area contributed by atoms with Crippen LogP contribution in [0.3, 0.4) is 0 Å². The molecule has 0 aliphatic heterocycles. The number of sulfonamides is 1. The summed E-state index contributed by atoms with van der Waals surface area (Å²) in [7, 11) is -3.83. The SMILES string of the molecule is CCNCc1cccc(S(=O)(=O)Nc2ccncc2F)c1. The molecule has 112 valence electrons. The molecule has 1 aromatic carbocycles. The van der Waals surface area contributed by atoms with E-state index in [2.05, 4.69) is 15.0 Å². The Hall–Kier alpha value is -1.99. The average molecular weight is 309 g/mol. The second-order valence-electron chi connectivity index (χ2n) is 4.39. The second-order valence-corrected chi connectivity index (χ2v) is 6.07. The number of pyridine rings is 1. The molecule has 2 N–H and O–H groups in total. The summed E-state index contributed by atoms with van der Waals surface area (Å²) in [5.41, 5.74) is 0.719. The van der Waals surface area contributed by atoms with Gasteiger partial charge in [-0.3, -0.25) is 9.71 Å². The number of nitrogens with one attached hydrogen (secondary N) is 2. The Bertz CT molecular complexity index is 720. The van der Waals surface area contributed by atoms with Gasteiger partial charge >= 0.3 is 0 Å². The van der Waals surface area contributed by atoms with Gasteiger partial charge in [-0.05, 0) is 30.3 Å². The van der Waals surface area contributed by atoms with E-state index < -0.39 is 15.8 Å². The number of benzene rings is 1. The van der Waals surface area contributed by atoms with Crippen molar-refractivity contribution in [2.24, 2.45) is 0 Å². The maximum absolute atomic E-state index is 13.5. The highest BCUT2D eigenvalue weighted by molar-refractivity contribution is 7.92. The van der Waals surface area contributed by atoms with Crippen molar-refractivity contribution in [3.8, 4) is 0 Å². The first-order valence-electron chi connectivity index (χ1n) is 6.45. The number of hydrogen-bond acceptors (Lipinski definition) is 4. The monoisotopic (exact) mass is 309 g/mol. The van der Waals surface area contributed by atoms with Gasteiger partial charge in [0.2, 0.25) is 0 Å². The molecule has 7 heteroatoms. The quantitative estimate of drug-likeness (QED) is 0.857. The van der Waals surface area contributed by atoms with Gasteiger partial charge in [0.05, 0.1) is 16.8 Å². The number of rotatable bonds is 6. The molecule has 0 bridgehead atoms. The minimum Gasteiger partial charge on any atom is -0.313 e. The van der Waals surface area contributed by atoms with E-state index in [0.717, 1.165) is 18.3 Å². The summed E-state index contributed by atoms with van der Waals surface area (Å²) in [6.07, 6.45) is 2.28. The summed E-state index contributed by atoms with van der Waals surface area (Å²) in [4.78, 5) is 3.67. The lowest BCUT2D eigenvalue weighted by molar-refractivity contribution is 0.597. The minimum atomic E-state index is -3.83. The maximum atomic E-state index is 13.5. The van der Waals surface area contributed by atoms with E-state index in [1.165, 1.54) is 18.3 Å². The summed E-state index contributed by atoms with van der Waals surface area (Å²) >= 11 is 0. The summed E-state index contributed by atoms with van der Waals surface area (Å²) in [5, 5.41) is 3.12. The third-order valence-electron chi connectivity index (χ3n) is 2.80. The highest BCUT2D eigenvalue weighted by Gasteiger charge is 2.16. The number of anilines is 1. The fourth-order valence-corrected chi connectivity index (χ4v) is 2.89. The molecule has 5 nitrogen and oxygen atoms in total. The number of aromatic nitrogens is 1. The van der Waals surface area contributed by atoms with Gasteiger partial charge < -0.3 is 5.32 Å². The van der Waals surface area contributed by atoms with E-state index in [1.54, 1.807) is 12.1 Å². The fraction of sp³-hybridized carbons (Fsp3) is 0.214. The Morgan fingerprint density at radius 1 is 1.29 bits per heavy atom. The van der Waals surface area contributed by atoms with Crippen molar-refractivity contribution in [2.75, 3.05) is 11.3 Å². The Labute approximate surface area is 123 Å². The van der Waals surface area contributed by atoms with Gasteiger partial charge in [0.15, 0.2) is 5.82 Å². The third-order valence-corrected chi connectivity index (χ3v) is 4.17. The minimum absolute atomic E-state index is 0.0918.